The number of benzene rings is 11. The average molecular weight is 1150 g/mol. The fourth-order valence-corrected chi connectivity index (χ4v) is 10.3. The van der Waals surface area contributed by atoms with Gasteiger partial charge in [-0.25, -0.2) is 0 Å². The van der Waals surface area contributed by atoms with Gasteiger partial charge in [0.2, 0.25) is 0 Å². The normalized spacial score (nSPS) is 12.4. The summed E-state index contributed by atoms with van der Waals surface area (Å²) in [4.78, 5) is 0. The average Bonchev–Trinajstić information content (AvgIpc) is 1.84. The van der Waals surface area contributed by atoms with Crippen molar-refractivity contribution in [2.24, 2.45) is 0 Å². The largest absolute Gasteiger partial charge is 0.457 e. The van der Waals surface area contributed by atoms with Crippen molar-refractivity contribution < 1.29 is 28.4 Å². The Hall–Kier alpha value is -11.0. The fourth-order valence-electron chi connectivity index (χ4n) is 10.3. The van der Waals surface area contributed by atoms with Crippen LogP contribution >= 0.6 is 0 Å². The first-order chi connectivity index (χ1) is 42.2. The molecule has 0 aliphatic heterocycles. The summed E-state index contributed by atoms with van der Waals surface area (Å²) in [5, 5.41) is 0. The quantitative estimate of drug-likeness (QED) is 0.0499. The maximum atomic E-state index is 6.01. The van der Waals surface area contributed by atoms with Crippen molar-refractivity contribution in [2.45, 2.75) is 56.8 Å². The molecule has 0 atom stereocenters. The maximum Gasteiger partial charge on any atom is 0.131 e. The van der Waals surface area contributed by atoms with Crippen LogP contribution in [0.3, 0.4) is 0 Å². The van der Waals surface area contributed by atoms with Crippen LogP contribution in [-0.2, 0) is 10.8 Å². The van der Waals surface area contributed by atoms with Crippen molar-refractivity contribution in [1.29, 1.82) is 0 Å². The SMILES string of the molecule is CC(C)(c1ccc(Oc2ccc(N)cc2)cc1)c1ccc(Oc2ccc(N)cc2)cc1.Nc1ccc(Oc2ccc(C3(c4ccc(Oc5ccc(N)cc5)cc4)CCCCC3)cc2)cc1.Nc1ccc(Oc2cccc(Oc3ccc(N)cc3)c2)cc1. The number of nitrogens with two attached hydrogens (primary N) is 6. The molecule has 1 aliphatic rings. The molecule has 0 unspecified atom stereocenters. The summed E-state index contributed by atoms with van der Waals surface area (Å²) in [7, 11) is 0. The highest BCUT2D eigenvalue weighted by Gasteiger charge is 2.36. The molecular formula is C75H72N6O6. The molecule has 0 saturated heterocycles. The Morgan fingerprint density at radius 1 is 0.253 bits per heavy atom. The Kier molecular flexibility index (Phi) is 18.8. The number of hydrogen-bond donors (Lipinski definition) is 6. The molecular weight excluding hydrogens is 1080 g/mol. The first kappa shape index (κ1) is 59.2. The lowest BCUT2D eigenvalue weighted by Crippen LogP contribution is -2.30. The molecule has 11 aromatic rings. The molecule has 87 heavy (non-hydrogen) atoms. The number of hydrogen-bond acceptors (Lipinski definition) is 12. The van der Waals surface area contributed by atoms with Gasteiger partial charge >= 0.3 is 0 Å². The number of rotatable bonds is 16. The van der Waals surface area contributed by atoms with Gasteiger partial charge < -0.3 is 62.8 Å². The van der Waals surface area contributed by atoms with Crippen molar-refractivity contribution in [3.63, 3.8) is 0 Å². The first-order valence-corrected chi connectivity index (χ1v) is 28.9. The Labute approximate surface area is 509 Å². The van der Waals surface area contributed by atoms with Crippen molar-refractivity contribution in [2.75, 3.05) is 34.4 Å². The zero-order valence-electron chi connectivity index (χ0n) is 48.9. The van der Waals surface area contributed by atoms with Crippen molar-refractivity contribution in [1.82, 2.24) is 0 Å². The van der Waals surface area contributed by atoms with E-state index in [0.717, 1.165) is 81.7 Å². The van der Waals surface area contributed by atoms with Crippen LogP contribution in [0.2, 0.25) is 0 Å². The molecule has 0 spiro atoms. The van der Waals surface area contributed by atoms with Gasteiger partial charge in [0, 0.05) is 51.0 Å². The van der Waals surface area contributed by atoms with Crippen LogP contribution in [0.25, 0.3) is 0 Å². The third kappa shape index (κ3) is 16.2. The molecule has 12 heteroatoms. The zero-order chi connectivity index (χ0) is 60.6. The van der Waals surface area contributed by atoms with Crippen LogP contribution in [0.5, 0.6) is 69.0 Å². The molecule has 1 saturated carbocycles. The van der Waals surface area contributed by atoms with Crippen molar-refractivity contribution >= 4 is 34.1 Å². The third-order valence-electron chi connectivity index (χ3n) is 15.2. The van der Waals surface area contributed by atoms with Crippen LogP contribution in [0.15, 0.2) is 267 Å². The smallest absolute Gasteiger partial charge is 0.131 e. The van der Waals surface area contributed by atoms with Crippen LogP contribution in [0.4, 0.5) is 34.1 Å². The molecule has 0 aromatic heterocycles. The zero-order valence-corrected chi connectivity index (χ0v) is 48.9. The molecule has 0 heterocycles. The molecule has 12 N–H and O–H groups in total. The second kappa shape index (κ2) is 27.6. The standard InChI is InChI=1S/C30H30N2O2.C27H26N2O2.C18H16N2O2/c31-24-8-16-28(17-9-24)33-26-12-4-22(5-13-26)30(20-2-1-3-21-30)23-6-14-27(15-7-23)34-29-18-10-25(32)11-19-29;1-27(2,19-3-11-23(12-4-19)30-25-15-7-21(28)8-16-25)20-5-13-24(14-6-20)31-26-17-9-22(29)10-18-26;19-13-4-8-15(9-5-13)21-17-2-1-3-18(12-17)22-16-10-6-14(20)7-11-16/h4-19H,1-3,20-21,31-32H2;3-18H,28-29H2,1-2H3;1-12H,19-20H2. The number of nitrogen functional groups attached to an aromatic ring is 6. The lowest BCUT2D eigenvalue weighted by Gasteiger charge is -2.38. The second-order valence-corrected chi connectivity index (χ2v) is 21.9. The summed E-state index contributed by atoms with van der Waals surface area (Å²) < 4.78 is 35.4. The van der Waals surface area contributed by atoms with Gasteiger partial charge in [-0.2, -0.15) is 0 Å². The van der Waals surface area contributed by atoms with E-state index in [1.54, 1.807) is 24.3 Å². The van der Waals surface area contributed by atoms with E-state index in [2.05, 4.69) is 86.6 Å². The van der Waals surface area contributed by atoms with E-state index in [9.17, 15) is 0 Å². The predicted molar refractivity (Wildman–Crippen MR) is 354 cm³/mol. The van der Waals surface area contributed by atoms with Crippen LogP contribution in [0.1, 0.15) is 68.2 Å². The Balaban J connectivity index is 0.000000148. The summed E-state index contributed by atoms with van der Waals surface area (Å²) in [6.45, 7) is 4.41. The minimum atomic E-state index is -0.167. The molecule has 438 valence electrons. The van der Waals surface area contributed by atoms with Gasteiger partial charge in [0.25, 0.3) is 0 Å². The van der Waals surface area contributed by atoms with Crippen LogP contribution in [-0.4, -0.2) is 0 Å². The minimum absolute atomic E-state index is 0.0116. The number of ether oxygens (including phenoxy) is 6. The van der Waals surface area contributed by atoms with E-state index in [1.165, 1.54) is 41.5 Å². The van der Waals surface area contributed by atoms with E-state index >= 15 is 0 Å². The molecule has 1 aliphatic carbocycles. The lowest BCUT2D eigenvalue weighted by molar-refractivity contribution is 0.345. The van der Waals surface area contributed by atoms with Gasteiger partial charge in [-0.1, -0.05) is 87.7 Å². The second-order valence-electron chi connectivity index (χ2n) is 21.9. The van der Waals surface area contributed by atoms with Crippen LogP contribution in [0, 0.1) is 0 Å². The Bertz CT molecular complexity index is 3670. The summed E-state index contributed by atoms with van der Waals surface area (Å²) in [6, 6.07) is 85.1. The maximum absolute atomic E-state index is 6.01. The molecule has 1 fully saturated rings. The van der Waals surface area contributed by atoms with E-state index in [-0.39, 0.29) is 10.8 Å². The Morgan fingerprint density at radius 2 is 0.460 bits per heavy atom. The van der Waals surface area contributed by atoms with E-state index in [4.69, 9.17) is 62.8 Å². The predicted octanol–water partition coefficient (Wildman–Crippen LogP) is 18.9. The van der Waals surface area contributed by atoms with Gasteiger partial charge in [-0.3, -0.25) is 0 Å². The highest BCUT2D eigenvalue weighted by atomic mass is 16.5. The minimum Gasteiger partial charge on any atom is -0.457 e. The molecule has 0 radical (unpaired) electrons. The highest BCUT2D eigenvalue weighted by molar-refractivity contribution is 5.51. The van der Waals surface area contributed by atoms with E-state index < -0.39 is 0 Å². The monoisotopic (exact) mass is 1150 g/mol. The first-order valence-electron chi connectivity index (χ1n) is 28.9. The van der Waals surface area contributed by atoms with Gasteiger partial charge in [0.05, 0.1) is 0 Å². The van der Waals surface area contributed by atoms with E-state index in [0.29, 0.717) is 34.2 Å². The fraction of sp³-hybridized carbons (Fsp3) is 0.120. The van der Waals surface area contributed by atoms with Crippen molar-refractivity contribution in [3.05, 3.63) is 289 Å². The number of anilines is 6. The van der Waals surface area contributed by atoms with Crippen LogP contribution < -0.4 is 62.8 Å². The van der Waals surface area contributed by atoms with Gasteiger partial charge in [0.15, 0.2) is 0 Å². The molecule has 11 aromatic carbocycles. The third-order valence-corrected chi connectivity index (χ3v) is 15.2. The summed E-state index contributed by atoms with van der Waals surface area (Å²) in [5.41, 5.74) is 43.5. The van der Waals surface area contributed by atoms with Gasteiger partial charge in [0.1, 0.15) is 69.0 Å². The molecule has 12 nitrogen and oxygen atoms in total. The summed E-state index contributed by atoms with van der Waals surface area (Å²) in [6.07, 6.45) is 6.03. The summed E-state index contributed by atoms with van der Waals surface area (Å²) in [5.74, 6) is 9.15. The van der Waals surface area contributed by atoms with Gasteiger partial charge in [-0.15, -0.1) is 0 Å². The van der Waals surface area contributed by atoms with Crippen molar-refractivity contribution in [3.8, 4) is 69.0 Å². The van der Waals surface area contributed by atoms with E-state index in [1.807, 2.05) is 170 Å². The van der Waals surface area contributed by atoms with Gasteiger partial charge in [-0.05, 0) is 241 Å². The Morgan fingerprint density at radius 3 is 0.701 bits per heavy atom. The molecule has 12 rings (SSSR count). The highest BCUT2D eigenvalue weighted by Crippen LogP contribution is 2.46. The lowest BCUT2D eigenvalue weighted by atomic mass is 9.65. The molecule has 0 amide bonds. The summed E-state index contributed by atoms with van der Waals surface area (Å²) >= 11 is 0. The topological polar surface area (TPSA) is 212 Å². The molecule has 0 bridgehead atoms.